The standard InChI is InChI=1S/C15H16N4O.C3H7NO2.HI/c1-2-3-8-19-9-17-12-13(15(16)20)18-11-7-5-4-6-10(11)14(12)19;1-4-2-3(5)6;/h4-7,9H,2-3,8H2,1H3,(H2,16,20);4H,2H2,1H3,(H,5,6);1H. The summed E-state index contributed by atoms with van der Waals surface area (Å²) < 4.78 is 2.08. The molecular weight excluding hydrogens is 461 g/mol. The fourth-order valence-corrected chi connectivity index (χ4v) is 2.60. The van der Waals surface area contributed by atoms with Crippen molar-refractivity contribution in [1.82, 2.24) is 19.9 Å². The summed E-state index contributed by atoms with van der Waals surface area (Å²) in [7, 11) is 1.59. The Morgan fingerprint density at radius 2 is 2.00 bits per heavy atom. The number of hydrogen-bond donors (Lipinski definition) is 3. The second kappa shape index (κ2) is 10.8. The van der Waals surface area contributed by atoms with Gasteiger partial charge >= 0.3 is 5.97 Å². The summed E-state index contributed by atoms with van der Waals surface area (Å²) in [6.07, 6.45) is 3.93. The second-order valence-electron chi connectivity index (χ2n) is 5.75. The molecule has 1 amide bonds. The molecule has 1 aromatic carbocycles. The minimum Gasteiger partial charge on any atom is -0.480 e. The van der Waals surface area contributed by atoms with Crippen molar-refractivity contribution in [2.24, 2.45) is 5.73 Å². The molecule has 0 saturated carbocycles. The smallest absolute Gasteiger partial charge is 0.317 e. The van der Waals surface area contributed by atoms with E-state index in [9.17, 15) is 9.59 Å². The summed E-state index contributed by atoms with van der Waals surface area (Å²) in [5, 5.41) is 11.3. The van der Waals surface area contributed by atoms with Crippen LogP contribution in [0.5, 0.6) is 0 Å². The van der Waals surface area contributed by atoms with Crippen LogP contribution in [-0.2, 0) is 11.3 Å². The molecule has 8 nitrogen and oxygen atoms in total. The third-order valence-corrected chi connectivity index (χ3v) is 3.77. The first-order valence-corrected chi connectivity index (χ1v) is 8.39. The summed E-state index contributed by atoms with van der Waals surface area (Å²) in [5.74, 6) is -1.36. The van der Waals surface area contributed by atoms with Crippen molar-refractivity contribution in [3.8, 4) is 0 Å². The number of nitrogens with zero attached hydrogens (tertiary/aromatic N) is 3. The fraction of sp³-hybridized carbons (Fsp3) is 0.333. The van der Waals surface area contributed by atoms with Gasteiger partial charge in [-0.2, -0.15) is 0 Å². The van der Waals surface area contributed by atoms with Crippen LogP contribution in [0.3, 0.4) is 0 Å². The highest BCUT2D eigenvalue weighted by Gasteiger charge is 2.16. The van der Waals surface area contributed by atoms with Crippen LogP contribution in [0.1, 0.15) is 30.3 Å². The molecule has 0 bridgehead atoms. The van der Waals surface area contributed by atoms with Crippen LogP contribution in [0.15, 0.2) is 30.6 Å². The van der Waals surface area contributed by atoms with Gasteiger partial charge in [-0.3, -0.25) is 9.59 Å². The van der Waals surface area contributed by atoms with Crippen molar-refractivity contribution in [2.45, 2.75) is 26.3 Å². The number of rotatable bonds is 6. The van der Waals surface area contributed by atoms with Crippen molar-refractivity contribution < 1.29 is 14.7 Å². The average Bonchev–Trinajstić information content (AvgIpc) is 3.03. The molecule has 4 N–H and O–H groups in total. The lowest BCUT2D eigenvalue weighted by atomic mass is 10.1. The molecular formula is C18H24IN5O3. The van der Waals surface area contributed by atoms with Gasteiger partial charge < -0.3 is 20.7 Å². The molecule has 27 heavy (non-hydrogen) atoms. The number of benzene rings is 1. The van der Waals surface area contributed by atoms with E-state index in [1.54, 1.807) is 13.4 Å². The largest absolute Gasteiger partial charge is 0.480 e. The SMILES string of the molecule is CCCCn1cnc2c(C(N)=O)nc3ccccc3c21.CNCC(=O)O.I. The molecule has 0 spiro atoms. The van der Waals surface area contributed by atoms with Gasteiger partial charge in [0.2, 0.25) is 0 Å². The van der Waals surface area contributed by atoms with Gasteiger partial charge in [-0.1, -0.05) is 31.5 Å². The summed E-state index contributed by atoms with van der Waals surface area (Å²) in [6, 6.07) is 7.75. The number of fused-ring (bicyclic) bond motifs is 3. The van der Waals surface area contributed by atoms with Gasteiger partial charge in [0.1, 0.15) is 5.52 Å². The van der Waals surface area contributed by atoms with Gasteiger partial charge in [-0.15, -0.1) is 24.0 Å². The summed E-state index contributed by atoms with van der Waals surface area (Å²) >= 11 is 0. The molecule has 3 aromatic rings. The molecule has 0 aliphatic rings. The van der Waals surface area contributed by atoms with E-state index in [-0.39, 0.29) is 36.2 Å². The zero-order valence-electron chi connectivity index (χ0n) is 15.3. The highest BCUT2D eigenvalue weighted by atomic mass is 127. The Morgan fingerprint density at radius 3 is 2.56 bits per heavy atom. The highest BCUT2D eigenvalue weighted by Crippen LogP contribution is 2.25. The number of imidazole rings is 1. The van der Waals surface area contributed by atoms with Gasteiger partial charge in [0.25, 0.3) is 5.91 Å². The van der Waals surface area contributed by atoms with Gasteiger partial charge in [0, 0.05) is 11.9 Å². The second-order valence-corrected chi connectivity index (χ2v) is 5.75. The molecule has 0 unspecified atom stereocenters. The maximum absolute atomic E-state index is 11.6. The summed E-state index contributed by atoms with van der Waals surface area (Å²) in [4.78, 5) is 29.8. The van der Waals surface area contributed by atoms with Crippen LogP contribution in [-0.4, -0.2) is 45.1 Å². The maximum atomic E-state index is 11.6. The zero-order chi connectivity index (χ0) is 19.1. The average molecular weight is 485 g/mol. The number of nitrogens with one attached hydrogen (secondary N) is 1. The molecule has 146 valence electrons. The van der Waals surface area contributed by atoms with E-state index in [1.165, 1.54) is 0 Å². The maximum Gasteiger partial charge on any atom is 0.317 e. The van der Waals surface area contributed by atoms with Crippen LogP contribution in [0, 0.1) is 0 Å². The number of amides is 1. The number of carboxylic acid groups (broad SMARTS) is 1. The van der Waals surface area contributed by atoms with E-state index in [0.29, 0.717) is 5.52 Å². The molecule has 0 aliphatic carbocycles. The van der Waals surface area contributed by atoms with Crippen LogP contribution in [0.4, 0.5) is 0 Å². The number of pyridine rings is 1. The van der Waals surface area contributed by atoms with E-state index in [2.05, 4.69) is 26.8 Å². The quantitative estimate of drug-likeness (QED) is 0.461. The summed E-state index contributed by atoms with van der Waals surface area (Å²) in [5.41, 5.74) is 7.98. The molecule has 9 heteroatoms. The first-order chi connectivity index (χ1) is 12.5. The van der Waals surface area contributed by atoms with Crippen molar-refractivity contribution in [3.63, 3.8) is 0 Å². The third kappa shape index (κ3) is 5.60. The highest BCUT2D eigenvalue weighted by molar-refractivity contribution is 14.0. The van der Waals surface area contributed by atoms with Gasteiger partial charge in [0.05, 0.1) is 23.9 Å². The Hall–Kier alpha value is -2.27. The number of carboxylic acids is 1. The van der Waals surface area contributed by atoms with Crippen LogP contribution in [0.2, 0.25) is 0 Å². The van der Waals surface area contributed by atoms with E-state index in [4.69, 9.17) is 10.8 Å². The third-order valence-electron chi connectivity index (χ3n) is 3.77. The Balaban J connectivity index is 0.000000456. The Labute approximate surface area is 174 Å². The Morgan fingerprint density at radius 1 is 1.30 bits per heavy atom. The number of aromatic nitrogens is 3. The Kier molecular flexibility index (Phi) is 9.09. The van der Waals surface area contributed by atoms with Gasteiger partial charge in [-0.05, 0) is 19.5 Å². The molecule has 0 atom stereocenters. The number of para-hydroxylation sites is 1. The number of carbonyl (C=O) groups excluding carboxylic acids is 1. The normalized spacial score (nSPS) is 10.1. The molecule has 0 aliphatic heterocycles. The minimum absolute atomic E-state index is 0. The van der Waals surface area contributed by atoms with Crippen LogP contribution >= 0.6 is 24.0 Å². The summed E-state index contributed by atoms with van der Waals surface area (Å²) in [6.45, 7) is 3.06. The Bertz CT molecular complexity index is 926. The van der Waals surface area contributed by atoms with Crippen molar-refractivity contribution >= 4 is 57.8 Å². The lowest BCUT2D eigenvalue weighted by Gasteiger charge is -2.07. The molecule has 0 fully saturated rings. The predicted octanol–water partition coefficient (Wildman–Crippen LogP) is 2.39. The first kappa shape index (κ1) is 22.8. The molecule has 2 heterocycles. The molecule has 0 radical (unpaired) electrons. The number of halogens is 1. The number of unbranched alkanes of at least 4 members (excludes halogenated alkanes) is 1. The number of likely N-dealkylation sites (N-methyl/N-ethyl adjacent to an activating group) is 1. The minimum atomic E-state index is -0.822. The van der Waals surface area contributed by atoms with Crippen molar-refractivity contribution in [3.05, 3.63) is 36.3 Å². The van der Waals surface area contributed by atoms with Crippen molar-refractivity contribution in [1.29, 1.82) is 0 Å². The van der Waals surface area contributed by atoms with Crippen LogP contribution in [0.25, 0.3) is 21.9 Å². The first-order valence-electron chi connectivity index (χ1n) is 8.39. The van der Waals surface area contributed by atoms with E-state index in [0.717, 1.165) is 35.8 Å². The van der Waals surface area contributed by atoms with Gasteiger partial charge in [0.15, 0.2) is 5.69 Å². The molecule has 0 saturated heterocycles. The lowest BCUT2D eigenvalue weighted by Crippen LogP contribution is -2.16. The number of primary amides is 1. The number of nitrogens with two attached hydrogens (primary N) is 1. The number of aryl methyl sites for hydroxylation is 1. The van der Waals surface area contributed by atoms with Crippen LogP contribution < -0.4 is 11.1 Å². The zero-order valence-corrected chi connectivity index (χ0v) is 17.6. The van der Waals surface area contributed by atoms with Crippen molar-refractivity contribution in [2.75, 3.05) is 13.6 Å². The number of carbonyl (C=O) groups is 2. The molecule has 3 rings (SSSR count). The molecule has 2 aromatic heterocycles. The number of hydrogen-bond acceptors (Lipinski definition) is 5. The van der Waals surface area contributed by atoms with Gasteiger partial charge in [-0.25, -0.2) is 9.97 Å². The van der Waals surface area contributed by atoms with E-state index in [1.807, 2.05) is 24.3 Å². The number of aliphatic carboxylic acids is 1. The van der Waals surface area contributed by atoms with E-state index >= 15 is 0 Å². The fourth-order valence-electron chi connectivity index (χ4n) is 2.60. The predicted molar refractivity (Wildman–Crippen MR) is 115 cm³/mol. The van der Waals surface area contributed by atoms with E-state index < -0.39 is 11.9 Å². The lowest BCUT2D eigenvalue weighted by molar-refractivity contribution is -0.135. The monoisotopic (exact) mass is 485 g/mol. The topological polar surface area (TPSA) is 123 Å².